The molecule has 0 aliphatic carbocycles. The highest BCUT2D eigenvalue weighted by atomic mass is 32.2. The second-order valence-corrected chi connectivity index (χ2v) is 13.1. The van der Waals surface area contributed by atoms with Crippen molar-refractivity contribution in [2.24, 2.45) is 10.8 Å². The topological polar surface area (TPSA) is 97.7 Å². The molecular weight excluding hydrogens is 448 g/mol. The van der Waals surface area contributed by atoms with E-state index in [1.165, 1.54) is 0 Å². The predicted molar refractivity (Wildman–Crippen MR) is 131 cm³/mol. The van der Waals surface area contributed by atoms with Gasteiger partial charge in [0, 0.05) is 57.5 Å². The minimum absolute atomic E-state index is 0.114. The number of carbonyl (C=O) groups excluding carboxylic acids is 1. The third kappa shape index (κ3) is 13.8. The van der Waals surface area contributed by atoms with Crippen LogP contribution >= 0.6 is 0 Å². The molecule has 182 valence electrons. The van der Waals surface area contributed by atoms with Crippen molar-refractivity contribution in [2.75, 3.05) is 23.0 Å². The number of ether oxygens (including phenoxy) is 1. The Morgan fingerprint density at radius 3 is 1.72 bits per heavy atom. The first-order valence-corrected chi connectivity index (χ1v) is 14.0. The summed E-state index contributed by atoms with van der Waals surface area (Å²) in [7, 11) is -2.11. The van der Waals surface area contributed by atoms with E-state index in [9.17, 15) is 18.0 Å². The van der Waals surface area contributed by atoms with Gasteiger partial charge >= 0.3 is 11.9 Å². The van der Waals surface area contributed by atoms with Crippen LogP contribution in [0.1, 0.15) is 66.2 Å². The second kappa shape index (κ2) is 13.9. The maximum Gasteiger partial charge on any atom is 0.311 e. The molecule has 0 heterocycles. The SMILES string of the molecule is CC(C)(CCC(=O)O)CCS(=O)CCS(=O)CCC(C)(C)CCC(=O)Oc1ccccc1. The fourth-order valence-electron chi connectivity index (χ4n) is 2.98. The molecule has 0 aliphatic rings. The Balaban J connectivity index is 2.25. The normalized spacial score (nSPS) is 14.0. The average Bonchev–Trinajstić information content (AvgIpc) is 2.73. The molecule has 6 nitrogen and oxygen atoms in total. The molecule has 0 bridgehead atoms. The number of aliphatic carboxylic acids is 1. The fourth-order valence-corrected chi connectivity index (χ4v) is 6.43. The Hall–Kier alpha value is -1.54. The number of hydrogen-bond acceptors (Lipinski definition) is 5. The van der Waals surface area contributed by atoms with Crippen LogP contribution in [-0.2, 0) is 31.2 Å². The zero-order chi connectivity index (χ0) is 24.2. The lowest BCUT2D eigenvalue weighted by Crippen LogP contribution is -2.21. The van der Waals surface area contributed by atoms with Crippen molar-refractivity contribution in [3.63, 3.8) is 0 Å². The van der Waals surface area contributed by atoms with E-state index in [0.29, 0.717) is 60.9 Å². The van der Waals surface area contributed by atoms with Gasteiger partial charge in [-0.1, -0.05) is 45.9 Å². The van der Waals surface area contributed by atoms with Crippen molar-refractivity contribution in [2.45, 2.75) is 66.2 Å². The minimum Gasteiger partial charge on any atom is -0.481 e. The van der Waals surface area contributed by atoms with Crippen molar-refractivity contribution >= 4 is 33.5 Å². The third-order valence-corrected chi connectivity index (χ3v) is 8.44. The first-order chi connectivity index (χ1) is 14.9. The summed E-state index contributed by atoms with van der Waals surface area (Å²) in [4.78, 5) is 22.8. The van der Waals surface area contributed by atoms with Crippen LogP contribution in [0.4, 0.5) is 0 Å². The van der Waals surface area contributed by atoms with Crippen LogP contribution in [0.25, 0.3) is 0 Å². The lowest BCUT2D eigenvalue weighted by Gasteiger charge is -2.24. The maximum absolute atomic E-state index is 12.4. The highest BCUT2D eigenvalue weighted by Gasteiger charge is 2.22. The Bertz CT molecular complexity index is 774. The van der Waals surface area contributed by atoms with Gasteiger partial charge in [-0.15, -0.1) is 0 Å². The molecule has 0 aliphatic heterocycles. The van der Waals surface area contributed by atoms with E-state index in [2.05, 4.69) is 13.8 Å². The van der Waals surface area contributed by atoms with Crippen molar-refractivity contribution in [1.82, 2.24) is 0 Å². The van der Waals surface area contributed by atoms with E-state index >= 15 is 0 Å². The largest absolute Gasteiger partial charge is 0.481 e. The first-order valence-electron chi connectivity index (χ1n) is 11.1. The van der Waals surface area contributed by atoms with Gasteiger partial charge in [0.25, 0.3) is 0 Å². The molecule has 0 saturated heterocycles. The van der Waals surface area contributed by atoms with Gasteiger partial charge in [-0.3, -0.25) is 18.0 Å². The van der Waals surface area contributed by atoms with Crippen LogP contribution < -0.4 is 4.74 Å². The molecule has 1 N–H and O–H groups in total. The Labute approximate surface area is 197 Å². The van der Waals surface area contributed by atoms with E-state index in [1.807, 2.05) is 32.0 Å². The fraction of sp³-hybridized carbons (Fsp3) is 0.667. The number of carboxylic acids is 1. The minimum atomic E-state index is -1.06. The number of hydrogen-bond donors (Lipinski definition) is 1. The summed E-state index contributed by atoms with van der Waals surface area (Å²) in [6, 6.07) is 8.98. The number of esters is 1. The molecule has 1 aromatic rings. The van der Waals surface area contributed by atoms with Gasteiger partial charge in [0.15, 0.2) is 0 Å². The van der Waals surface area contributed by atoms with Gasteiger partial charge in [-0.05, 0) is 48.6 Å². The lowest BCUT2D eigenvalue weighted by molar-refractivity contribution is -0.137. The Morgan fingerprint density at radius 2 is 1.25 bits per heavy atom. The monoisotopic (exact) mass is 486 g/mol. The second-order valence-electron chi connectivity index (χ2n) is 9.71. The molecule has 1 aromatic carbocycles. The van der Waals surface area contributed by atoms with Crippen LogP contribution in [0.15, 0.2) is 30.3 Å². The maximum atomic E-state index is 12.4. The van der Waals surface area contributed by atoms with Crippen LogP contribution in [0.5, 0.6) is 5.75 Å². The number of carbonyl (C=O) groups is 2. The van der Waals surface area contributed by atoms with Crippen molar-refractivity contribution in [3.8, 4) is 5.75 Å². The number of carboxylic acid groups (broad SMARTS) is 1. The summed E-state index contributed by atoms with van der Waals surface area (Å²) in [5.41, 5.74) is -0.308. The number of benzene rings is 1. The van der Waals surface area contributed by atoms with E-state index < -0.39 is 27.6 Å². The summed E-state index contributed by atoms with van der Waals surface area (Å²) in [6.07, 6.45) is 3.02. The zero-order valence-electron chi connectivity index (χ0n) is 19.8. The molecule has 0 radical (unpaired) electrons. The highest BCUT2D eigenvalue weighted by Crippen LogP contribution is 2.28. The molecular formula is C24H38O6S2. The molecule has 32 heavy (non-hydrogen) atoms. The smallest absolute Gasteiger partial charge is 0.311 e. The summed E-state index contributed by atoms with van der Waals surface area (Å²) < 4.78 is 30.0. The van der Waals surface area contributed by atoms with E-state index in [-0.39, 0.29) is 23.2 Å². The third-order valence-electron chi connectivity index (χ3n) is 5.55. The Morgan fingerprint density at radius 1 is 0.781 bits per heavy atom. The molecule has 1 rings (SSSR count). The van der Waals surface area contributed by atoms with Crippen molar-refractivity contribution in [3.05, 3.63) is 30.3 Å². The van der Waals surface area contributed by atoms with Crippen molar-refractivity contribution in [1.29, 1.82) is 0 Å². The summed E-state index contributed by atoms with van der Waals surface area (Å²) >= 11 is 0. The van der Waals surface area contributed by atoms with Gasteiger partial charge in [0.1, 0.15) is 5.75 Å². The molecule has 2 atom stereocenters. The number of para-hydroxylation sites is 1. The standard InChI is InChI=1S/C24H38O6S2/c1-23(2,12-10-21(25)26)14-16-31(28)18-19-32(29)17-15-24(3,4)13-11-22(27)30-20-8-6-5-7-9-20/h5-9H,10-19H2,1-4H3,(H,25,26). The zero-order valence-corrected chi connectivity index (χ0v) is 21.4. The summed E-state index contributed by atoms with van der Waals surface area (Å²) in [5, 5.41) is 8.81. The number of rotatable bonds is 16. The molecule has 2 unspecified atom stereocenters. The van der Waals surface area contributed by atoms with E-state index in [4.69, 9.17) is 9.84 Å². The summed E-state index contributed by atoms with van der Waals surface area (Å²) in [6.45, 7) is 8.08. The van der Waals surface area contributed by atoms with E-state index in [1.54, 1.807) is 12.1 Å². The molecule has 0 fully saturated rings. The van der Waals surface area contributed by atoms with Crippen LogP contribution in [0.3, 0.4) is 0 Å². The quantitative estimate of drug-likeness (QED) is 0.272. The first kappa shape index (κ1) is 28.5. The van der Waals surface area contributed by atoms with Gasteiger partial charge in [0.05, 0.1) is 0 Å². The molecule has 8 heteroatoms. The average molecular weight is 487 g/mol. The highest BCUT2D eigenvalue weighted by molar-refractivity contribution is 7.88. The summed E-state index contributed by atoms with van der Waals surface area (Å²) in [5.74, 6) is 1.26. The van der Waals surface area contributed by atoms with Gasteiger partial charge in [0.2, 0.25) is 0 Å². The molecule has 0 aromatic heterocycles. The van der Waals surface area contributed by atoms with Crippen LogP contribution in [0.2, 0.25) is 0 Å². The van der Waals surface area contributed by atoms with Crippen LogP contribution in [-0.4, -0.2) is 48.5 Å². The lowest BCUT2D eigenvalue weighted by atomic mass is 9.85. The van der Waals surface area contributed by atoms with Gasteiger partial charge in [-0.2, -0.15) is 0 Å². The van der Waals surface area contributed by atoms with Gasteiger partial charge < -0.3 is 9.84 Å². The van der Waals surface area contributed by atoms with E-state index in [0.717, 1.165) is 0 Å². The molecule has 0 amide bonds. The van der Waals surface area contributed by atoms with Gasteiger partial charge in [-0.25, -0.2) is 0 Å². The molecule has 0 spiro atoms. The van der Waals surface area contributed by atoms with Crippen LogP contribution in [0, 0.1) is 10.8 Å². The van der Waals surface area contributed by atoms with Crippen molar-refractivity contribution < 1.29 is 27.9 Å². The Kier molecular flexibility index (Phi) is 12.4. The predicted octanol–water partition coefficient (Wildman–Crippen LogP) is 4.57. The molecule has 0 saturated carbocycles.